The van der Waals surface area contributed by atoms with Crippen molar-refractivity contribution >= 4 is 99.5 Å². The number of benzene rings is 2. The van der Waals surface area contributed by atoms with Crippen LogP contribution < -0.4 is 48.3 Å². The fourth-order valence-electron chi connectivity index (χ4n) is 9.06. The predicted octanol–water partition coefficient (Wildman–Crippen LogP) is 1.03. The molecule has 28 nitrogen and oxygen atoms in total. The quantitative estimate of drug-likeness (QED) is 0.0200. The number of carbonyl (C=O) groups is 11. The van der Waals surface area contributed by atoms with Crippen LogP contribution in [0.4, 0.5) is 23.1 Å². The third kappa shape index (κ3) is 16.8. The van der Waals surface area contributed by atoms with Crippen LogP contribution in [-0.4, -0.2) is 154 Å². The van der Waals surface area contributed by atoms with Crippen LogP contribution in [0.25, 0.3) is 11.2 Å². The minimum Gasteiger partial charge on any atom is -0.480 e. The smallest absolute Gasteiger partial charge is 0.328 e. The van der Waals surface area contributed by atoms with E-state index in [2.05, 4.69) is 51.8 Å². The van der Waals surface area contributed by atoms with E-state index in [1.54, 1.807) is 31.3 Å². The van der Waals surface area contributed by atoms with Crippen LogP contribution in [0.2, 0.25) is 0 Å². The SMILES string of the molecule is COC(=O)[C@H](CCC(=O)NCCCCCCCCNc1cccc2c1C(=O)N(C1CCC(=O)NC1=O)C2=O)NC(=O)CC[C@H](NC(=O)CC[C@H](NC(=O)c1ccc(N(C)Cc2cnc3nc(N)nc(N)c3n2)cc1)C(=O)O)C(=O)OC. The number of aromatic nitrogens is 4. The minimum absolute atomic E-state index is 0.0289. The van der Waals surface area contributed by atoms with Crippen molar-refractivity contribution in [3.05, 3.63) is 71.0 Å². The van der Waals surface area contributed by atoms with E-state index in [0.717, 1.165) is 51.2 Å². The minimum atomic E-state index is -1.50. The number of nitrogens with one attached hydrogen (secondary N) is 6. The van der Waals surface area contributed by atoms with Crippen molar-refractivity contribution in [2.24, 2.45) is 0 Å². The topological polar surface area (TPSA) is 409 Å². The van der Waals surface area contributed by atoms with E-state index in [0.29, 0.717) is 42.1 Å². The molecule has 4 heterocycles. The fraction of sp³-hybridized carbons (Fsp3) is 0.453. The molecule has 1 saturated heterocycles. The molecule has 0 aliphatic carbocycles. The number of aliphatic carboxylic acids is 1. The van der Waals surface area contributed by atoms with Crippen LogP contribution in [0.5, 0.6) is 0 Å². The number of esters is 2. The molecule has 0 saturated carbocycles. The van der Waals surface area contributed by atoms with Gasteiger partial charge in [-0.15, -0.1) is 0 Å². The van der Waals surface area contributed by atoms with Gasteiger partial charge in [0.15, 0.2) is 17.0 Å². The Morgan fingerprint density at radius 3 is 1.98 bits per heavy atom. The number of unbranched alkanes of at least 4 members (excludes halogenated alkanes) is 5. The number of carbonyl (C=O) groups excluding carboxylic acids is 10. The average molecular weight is 1120 g/mol. The molecule has 0 spiro atoms. The molecule has 28 heteroatoms. The van der Waals surface area contributed by atoms with Crippen molar-refractivity contribution in [3.8, 4) is 0 Å². The standard InChI is InChI=1S/C53H66N14O14/c1-66(28-30-27-58-45-43(59-30)44(54)64-53(55)65-45)31-15-13-29(14-16-31)46(72)62-34(50(76)77)17-22-39(69)61-36(52(79)81-3)19-23-40(70)60-35(51(78)80-2)18-21-38(68)57-26-9-7-5-4-6-8-25-56-33-12-10-11-32-42(33)49(75)67(48(32)74)37-20-24-41(71)63-47(37)73/h10-16,27,34-37,56H,4-9,17-26,28H2,1-3H3,(H,57,68)(H,60,70)(H,61,69)(H,62,72)(H,76,77)(H,63,71,73)(H4,54,55,58,64,65)/t34-,35-,36-,37?/m0/s1. The lowest BCUT2D eigenvalue weighted by Crippen LogP contribution is -2.54. The van der Waals surface area contributed by atoms with Crippen LogP contribution in [0, 0.1) is 0 Å². The number of nitrogens with two attached hydrogens (primary N) is 2. The number of piperidine rings is 1. The summed E-state index contributed by atoms with van der Waals surface area (Å²) >= 11 is 0. The number of ether oxygens (including phenoxy) is 2. The summed E-state index contributed by atoms with van der Waals surface area (Å²) in [4.78, 5) is 159. The Balaban J connectivity index is 0.847. The highest BCUT2D eigenvalue weighted by Gasteiger charge is 2.45. The number of nitrogens with zero attached hydrogens (tertiary/aromatic N) is 6. The second kappa shape index (κ2) is 29.0. The monoisotopic (exact) mass is 1120 g/mol. The maximum absolute atomic E-state index is 13.3. The molecule has 0 radical (unpaired) electrons. The van der Waals surface area contributed by atoms with Gasteiger partial charge >= 0.3 is 17.9 Å². The molecule has 2 aromatic heterocycles. The third-order valence-corrected chi connectivity index (χ3v) is 13.4. The normalized spacial score (nSPS) is 14.9. The summed E-state index contributed by atoms with van der Waals surface area (Å²) < 4.78 is 9.63. The molecule has 2 aliphatic rings. The van der Waals surface area contributed by atoms with Gasteiger partial charge in [0.25, 0.3) is 17.7 Å². The highest BCUT2D eigenvalue weighted by Crippen LogP contribution is 2.32. The van der Waals surface area contributed by atoms with Crippen LogP contribution in [-0.2, 0) is 54.4 Å². The summed E-state index contributed by atoms with van der Waals surface area (Å²) in [6.07, 6.45) is 4.92. The van der Waals surface area contributed by atoms with Gasteiger partial charge in [0.05, 0.1) is 43.8 Å². The summed E-state index contributed by atoms with van der Waals surface area (Å²) in [5.74, 6) is -7.87. The van der Waals surface area contributed by atoms with E-state index < -0.39 is 89.8 Å². The number of hydrogen-bond acceptors (Lipinski definition) is 21. The Bertz CT molecular complexity index is 3030. The summed E-state index contributed by atoms with van der Waals surface area (Å²) in [5.41, 5.74) is 14.4. The molecule has 1 unspecified atom stereocenters. The fourth-order valence-corrected chi connectivity index (χ4v) is 9.06. The maximum atomic E-state index is 13.3. The van der Waals surface area contributed by atoms with Gasteiger partial charge in [-0.05, 0) is 74.9 Å². The summed E-state index contributed by atoms with van der Waals surface area (Å²) in [5, 5.41) is 25.5. The van der Waals surface area contributed by atoms with Gasteiger partial charge < -0.3 is 57.5 Å². The molecule has 11 N–H and O–H groups in total. The maximum Gasteiger partial charge on any atom is 0.328 e. The molecule has 8 amide bonds. The van der Waals surface area contributed by atoms with Gasteiger partial charge in [-0.2, -0.15) is 9.97 Å². The van der Waals surface area contributed by atoms with Gasteiger partial charge in [0.2, 0.25) is 35.5 Å². The number of nitrogen functional groups attached to an aromatic ring is 2. The Morgan fingerprint density at radius 1 is 0.753 bits per heavy atom. The highest BCUT2D eigenvalue weighted by atomic mass is 16.5. The lowest BCUT2D eigenvalue weighted by molar-refractivity contribution is -0.146. The van der Waals surface area contributed by atoms with E-state index in [1.807, 2.05) is 4.90 Å². The molecule has 6 rings (SSSR count). The molecular weight excluding hydrogens is 1060 g/mol. The third-order valence-electron chi connectivity index (χ3n) is 13.4. The van der Waals surface area contributed by atoms with E-state index in [-0.39, 0.29) is 91.5 Å². The second-order valence-corrected chi connectivity index (χ2v) is 19.2. The largest absolute Gasteiger partial charge is 0.480 e. The van der Waals surface area contributed by atoms with Crippen molar-refractivity contribution < 1.29 is 67.3 Å². The van der Waals surface area contributed by atoms with Crippen molar-refractivity contribution in [1.82, 2.24) is 51.4 Å². The molecule has 0 bridgehead atoms. The first-order valence-electron chi connectivity index (χ1n) is 26.3. The second-order valence-electron chi connectivity index (χ2n) is 19.2. The zero-order valence-corrected chi connectivity index (χ0v) is 45.0. The number of imide groups is 2. The first kappa shape index (κ1) is 60.9. The Morgan fingerprint density at radius 2 is 1.36 bits per heavy atom. The number of methoxy groups -OCH3 is 2. The molecular formula is C53H66N14O14. The first-order valence-corrected chi connectivity index (χ1v) is 26.3. The van der Waals surface area contributed by atoms with Crippen LogP contribution >= 0.6 is 0 Å². The van der Waals surface area contributed by atoms with Gasteiger partial charge in [-0.25, -0.2) is 24.4 Å². The molecule has 81 heavy (non-hydrogen) atoms. The van der Waals surface area contributed by atoms with Crippen LogP contribution in [0.15, 0.2) is 48.7 Å². The summed E-state index contributed by atoms with van der Waals surface area (Å²) in [7, 11) is 3.97. The van der Waals surface area contributed by atoms with Gasteiger partial charge in [-0.1, -0.05) is 31.7 Å². The number of carboxylic acids is 1. The number of fused-ring (bicyclic) bond motifs is 2. The van der Waals surface area contributed by atoms with E-state index in [9.17, 15) is 57.8 Å². The number of carboxylic acid groups (broad SMARTS) is 1. The summed E-state index contributed by atoms with van der Waals surface area (Å²) in [6, 6.07) is 6.09. The zero-order chi connectivity index (χ0) is 58.8. The van der Waals surface area contributed by atoms with Crippen LogP contribution in [0.3, 0.4) is 0 Å². The van der Waals surface area contributed by atoms with Crippen LogP contribution in [0.1, 0.15) is 127 Å². The molecule has 4 atom stereocenters. The highest BCUT2D eigenvalue weighted by molar-refractivity contribution is 6.25. The van der Waals surface area contributed by atoms with Gasteiger partial charge in [-0.3, -0.25) is 48.6 Å². The van der Waals surface area contributed by atoms with Crippen molar-refractivity contribution in [3.63, 3.8) is 0 Å². The van der Waals surface area contributed by atoms with E-state index >= 15 is 0 Å². The number of hydrogen-bond donors (Lipinski definition) is 9. The number of anilines is 4. The Hall–Kier alpha value is -9.37. The average Bonchev–Trinajstić information content (AvgIpc) is 3.29. The molecule has 2 aromatic carbocycles. The molecule has 432 valence electrons. The number of rotatable bonds is 30. The summed E-state index contributed by atoms with van der Waals surface area (Å²) in [6.45, 7) is 1.21. The zero-order valence-electron chi connectivity index (χ0n) is 45.0. The van der Waals surface area contributed by atoms with Gasteiger partial charge in [0, 0.05) is 62.8 Å². The Labute approximate surface area is 464 Å². The van der Waals surface area contributed by atoms with Gasteiger partial charge in [0.1, 0.15) is 24.2 Å². The van der Waals surface area contributed by atoms with Crippen molar-refractivity contribution in [1.29, 1.82) is 0 Å². The predicted molar refractivity (Wildman–Crippen MR) is 289 cm³/mol. The molecule has 4 aromatic rings. The Kier molecular flexibility index (Phi) is 21.8. The molecule has 1 fully saturated rings. The van der Waals surface area contributed by atoms with E-state index in [4.69, 9.17) is 20.9 Å². The lowest BCUT2D eigenvalue weighted by atomic mass is 10.0. The van der Waals surface area contributed by atoms with Crippen molar-refractivity contribution in [2.45, 2.75) is 121 Å². The number of amides is 8. The first-order chi connectivity index (χ1) is 38.8. The lowest BCUT2D eigenvalue weighted by Gasteiger charge is -2.27. The van der Waals surface area contributed by atoms with E-state index in [1.165, 1.54) is 24.4 Å². The van der Waals surface area contributed by atoms with Crippen molar-refractivity contribution in [2.75, 3.05) is 56.0 Å². The molecule has 2 aliphatic heterocycles.